The molecule has 0 bridgehead atoms. The molecule has 0 unspecified atom stereocenters. The molecular weight excluding hydrogens is 436 g/mol. The van der Waals surface area contributed by atoms with Gasteiger partial charge in [-0.25, -0.2) is 0 Å². The topological polar surface area (TPSA) is 56.8 Å². The zero-order chi connectivity index (χ0) is 22.9. The molecule has 1 saturated heterocycles. The van der Waals surface area contributed by atoms with Crippen LogP contribution in [0.15, 0.2) is 54.6 Å². The standard InChI is InChI=1S/C26H27ClN4O2/c1-30-9-11-31(12-10-30)16-17-3-8-22-24(13-17)29-26(32)20-6-4-18(14-23(20)28-22)19-5-7-21(27)25(15-19)33-2/h3-8,13-15,28H,9-12,16H2,1-2H3,(H,29,32). The van der Waals surface area contributed by atoms with Crippen molar-refractivity contribution in [1.29, 1.82) is 0 Å². The Morgan fingerprint density at radius 1 is 0.879 bits per heavy atom. The molecule has 1 amide bonds. The summed E-state index contributed by atoms with van der Waals surface area (Å²) in [6.07, 6.45) is 0. The van der Waals surface area contributed by atoms with E-state index in [-0.39, 0.29) is 5.91 Å². The number of piperazine rings is 1. The second-order valence-electron chi connectivity index (χ2n) is 8.65. The van der Waals surface area contributed by atoms with Crippen LogP contribution in [-0.4, -0.2) is 56.0 Å². The zero-order valence-corrected chi connectivity index (χ0v) is 19.6. The number of fused-ring (bicyclic) bond motifs is 2. The molecule has 3 aromatic carbocycles. The summed E-state index contributed by atoms with van der Waals surface area (Å²) in [5.74, 6) is 0.501. The number of nitrogens with zero attached hydrogens (tertiary/aromatic N) is 2. The monoisotopic (exact) mass is 462 g/mol. The first-order valence-corrected chi connectivity index (χ1v) is 11.5. The lowest BCUT2D eigenvalue weighted by molar-refractivity contribution is 0.102. The summed E-state index contributed by atoms with van der Waals surface area (Å²) < 4.78 is 5.36. The highest BCUT2D eigenvalue weighted by Gasteiger charge is 2.21. The number of hydrogen-bond donors (Lipinski definition) is 2. The molecule has 3 aromatic rings. The summed E-state index contributed by atoms with van der Waals surface area (Å²) in [7, 11) is 3.76. The lowest BCUT2D eigenvalue weighted by Crippen LogP contribution is -2.43. The van der Waals surface area contributed by atoms with Crippen LogP contribution in [0.3, 0.4) is 0 Å². The number of amides is 1. The van der Waals surface area contributed by atoms with Crippen molar-refractivity contribution in [2.24, 2.45) is 0 Å². The number of carbonyl (C=O) groups excluding carboxylic acids is 1. The summed E-state index contributed by atoms with van der Waals surface area (Å²) in [4.78, 5) is 17.8. The number of carbonyl (C=O) groups is 1. The number of ether oxygens (including phenoxy) is 1. The van der Waals surface area contributed by atoms with Crippen LogP contribution in [0.2, 0.25) is 5.02 Å². The highest BCUT2D eigenvalue weighted by Crippen LogP contribution is 2.37. The number of nitrogens with one attached hydrogen (secondary N) is 2. The van der Waals surface area contributed by atoms with Gasteiger partial charge in [-0.15, -0.1) is 0 Å². The van der Waals surface area contributed by atoms with E-state index in [1.165, 1.54) is 5.56 Å². The molecule has 0 aromatic heterocycles. The number of halogens is 1. The molecule has 6 nitrogen and oxygen atoms in total. The van der Waals surface area contributed by atoms with Crippen molar-refractivity contribution >= 4 is 34.6 Å². The van der Waals surface area contributed by atoms with Crippen LogP contribution in [0.5, 0.6) is 5.75 Å². The lowest BCUT2D eigenvalue weighted by atomic mass is 10.0. The van der Waals surface area contributed by atoms with Gasteiger partial charge in [0, 0.05) is 32.7 Å². The number of benzene rings is 3. The first-order valence-electron chi connectivity index (χ1n) is 11.1. The van der Waals surface area contributed by atoms with E-state index < -0.39 is 0 Å². The molecule has 0 spiro atoms. The maximum Gasteiger partial charge on any atom is 0.257 e. The Hall–Kier alpha value is -3.06. The van der Waals surface area contributed by atoms with Gasteiger partial charge in [0.1, 0.15) is 5.75 Å². The maximum atomic E-state index is 13.0. The lowest BCUT2D eigenvalue weighted by Gasteiger charge is -2.32. The number of methoxy groups -OCH3 is 1. The van der Waals surface area contributed by atoms with Gasteiger partial charge in [-0.2, -0.15) is 0 Å². The minimum absolute atomic E-state index is 0.117. The summed E-state index contributed by atoms with van der Waals surface area (Å²) >= 11 is 6.18. The first-order chi connectivity index (χ1) is 16.0. The van der Waals surface area contributed by atoms with Crippen LogP contribution < -0.4 is 15.4 Å². The molecule has 2 N–H and O–H groups in total. The van der Waals surface area contributed by atoms with Crippen molar-refractivity contribution in [3.63, 3.8) is 0 Å². The normalized spacial score (nSPS) is 16.3. The van der Waals surface area contributed by atoms with E-state index >= 15 is 0 Å². The Bertz CT molecular complexity index is 1200. The van der Waals surface area contributed by atoms with Crippen molar-refractivity contribution in [1.82, 2.24) is 9.80 Å². The molecule has 2 heterocycles. The molecular formula is C26H27ClN4O2. The number of likely N-dealkylation sites (N-methyl/N-ethyl adjacent to an activating group) is 1. The van der Waals surface area contributed by atoms with Gasteiger partial charge in [0.05, 0.1) is 34.8 Å². The molecule has 0 radical (unpaired) electrons. The first kappa shape index (κ1) is 21.8. The average molecular weight is 463 g/mol. The molecule has 2 aliphatic rings. The van der Waals surface area contributed by atoms with Crippen molar-refractivity contribution < 1.29 is 9.53 Å². The van der Waals surface area contributed by atoms with Gasteiger partial charge in [0.2, 0.25) is 0 Å². The van der Waals surface area contributed by atoms with E-state index in [9.17, 15) is 4.79 Å². The fraction of sp³-hybridized carbons (Fsp3) is 0.269. The third kappa shape index (κ3) is 4.55. The molecule has 2 aliphatic heterocycles. The van der Waals surface area contributed by atoms with E-state index in [1.807, 2.05) is 42.5 Å². The minimum atomic E-state index is -0.117. The third-order valence-electron chi connectivity index (χ3n) is 6.35. The highest BCUT2D eigenvalue weighted by atomic mass is 35.5. The summed E-state index contributed by atoms with van der Waals surface area (Å²) in [5.41, 5.74) is 6.20. The van der Waals surface area contributed by atoms with Gasteiger partial charge in [-0.1, -0.05) is 29.8 Å². The second kappa shape index (κ2) is 9.06. The molecule has 170 valence electrons. The van der Waals surface area contributed by atoms with Crippen molar-refractivity contribution in [2.45, 2.75) is 6.54 Å². The minimum Gasteiger partial charge on any atom is -0.495 e. The average Bonchev–Trinajstić information content (AvgIpc) is 2.96. The van der Waals surface area contributed by atoms with Crippen LogP contribution in [0.1, 0.15) is 15.9 Å². The van der Waals surface area contributed by atoms with Gasteiger partial charge < -0.3 is 20.3 Å². The number of rotatable bonds is 4. The van der Waals surface area contributed by atoms with E-state index in [0.29, 0.717) is 16.3 Å². The fourth-order valence-electron chi connectivity index (χ4n) is 4.37. The van der Waals surface area contributed by atoms with E-state index in [0.717, 1.165) is 60.9 Å². The van der Waals surface area contributed by atoms with E-state index in [1.54, 1.807) is 7.11 Å². The van der Waals surface area contributed by atoms with Gasteiger partial charge >= 0.3 is 0 Å². The van der Waals surface area contributed by atoms with E-state index in [4.69, 9.17) is 16.3 Å². The molecule has 0 aliphatic carbocycles. The largest absolute Gasteiger partial charge is 0.495 e. The van der Waals surface area contributed by atoms with Gasteiger partial charge in [0.15, 0.2) is 0 Å². The number of anilines is 3. The third-order valence-corrected chi connectivity index (χ3v) is 6.66. The van der Waals surface area contributed by atoms with Gasteiger partial charge in [-0.3, -0.25) is 9.69 Å². The Morgan fingerprint density at radius 2 is 1.64 bits per heavy atom. The second-order valence-corrected chi connectivity index (χ2v) is 9.06. The fourth-order valence-corrected chi connectivity index (χ4v) is 4.56. The smallest absolute Gasteiger partial charge is 0.257 e. The van der Waals surface area contributed by atoms with Crippen molar-refractivity contribution in [2.75, 3.05) is 51.0 Å². The van der Waals surface area contributed by atoms with Crippen LogP contribution in [0.4, 0.5) is 17.1 Å². The van der Waals surface area contributed by atoms with Crippen LogP contribution in [0.25, 0.3) is 11.1 Å². The SMILES string of the molecule is COc1cc(-c2ccc3c(c2)Nc2ccc(CN4CCN(C)CC4)cc2NC3=O)ccc1Cl. The van der Waals surface area contributed by atoms with Crippen molar-refractivity contribution in [3.05, 3.63) is 70.7 Å². The molecule has 1 fully saturated rings. The van der Waals surface area contributed by atoms with Crippen molar-refractivity contribution in [3.8, 4) is 16.9 Å². The highest BCUT2D eigenvalue weighted by molar-refractivity contribution is 6.32. The van der Waals surface area contributed by atoms with Gasteiger partial charge in [-0.05, 0) is 60.1 Å². The summed E-state index contributed by atoms with van der Waals surface area (Å²) in [6.45, 7) is 5.16. The molecule has 33 heavy (non-hydrogen) atoms. The summed E-state index contributed by atoms with van der Waals surface area (Å²) in [5, 5.41) is 7.11. The van der Waals surface area contributed by atoms with Crippen LogP contribution in [-0.2, 0) is 6.54 Å². The molecule has 7 heteroatoms. The molecule has 0 atom stereocenters. The van der Waals surface area contributed by atoms with E-state index in [2.05, 4.69) is 39.6 Å². The quantitative estimate of drug-likeness (QED) is 0.566. The Labute approximate surface area is 199 Å². The predicted octanol–water partition coefficient (Wildman–Crippen LogP) is 5.07. The number of hydrogen-bond acceptors (Lipinski definition) is 5. The van der Waals surface area contributed by atoms with Crippen LogP contribution in [0, 0.1) is 0 Å². The Balaban J connectivity index is 1.41. The Kier molecular flexibility index (Phi) is 5.98. The summed E-state index contributed by atoms with van der Waals surface area (Å²) in [6, 6.07) is 17.7. The van der Waals surface area contributed by atoms with Crippen LogP contribution >= 0.6 is 11.6 Å². The maximum absolute atomic E-state index is 13.0. The molecule has 0 saturated carbocycles. The molecule has 5 rings (SSSR count). The Morgan fingerprint density at radius 3 is 2.42 bits per heavy atom. The van der Waals surface area contributed by atoms with Gasteiger partial charge in [0.25, 0.3) is 5.91 Å². The zero-order valence-electron chi connectivity index (χ0n) is 18.8. The predicted molar refractivity (Wildman–Crippen MR) is 134 cm³/mol.